The molecule has 30 heavy (non-hydrogen) atoms. The van der Waals surface area contributed by atoms with Gasteiger partial charge in [-0.25, -0.2) is 4.98 Å². The first-order chi connectivity index (χ1) is 14.7. The van der Waals surface area contributed by atoms with Crippen molar-refractivity contribution in [1.82, 2.24) is 10.3 Å². The van der Waals surface area contributed by atoms with E-state index >= 15 is 0 Å². The molecule has 3 N–H and O–H groups in total. The predicted molar refractivity (Wildman–Crippen MR) is 118 cm³/mol. The average Bonchev–Trinajstić information content (AvgIpc) is 3.30. The highest BCUT2D eigenvalue weighted by atomic mass is 16.4. The quantitative estimate of drug-likeness (QED) is 0.614. The van der Waals surface area contributed by atoms with Crippen molar-refractivity contribution in [1.29, 1.82) is 0 Å². The molecule has 1 fully saturated rings. The monoisotopic (exact) mass is 403 g/mol. The standard InChI is InChI=1S/C25H29N3O2/c26-15-18-11-13-21(14-12-18)24(29)27-16-22(19-7-3-1-4-8-19)25-28-17-23(30-25)20-9-5-2-6-10-20/h1-10,17-18,21-22H,11-16,26H2,(H,27,29)/t18?,21?,22-/m0/s1. The zero-order valence-electron chi connectivity index (χ0n) is 17.2. The van der Waals surface area contributed by atoms with Crippen molar-refractivity contribution in [3.05, 3.63) is 78.3 Å². The molecule has 0 radical (unpaired) electrons. The van der Waals surface area contributed by atoms with E-state index in [9.17, 15) is 4.79 Å². The number of nitrogens with zero attached hydrogens (tertiary/aromatic N) is 1. The Hall–Kier alpha value is -2.92. The molecule has 0 saturated heterocycles. The number of hydrogen-bond acceptors (Lipinski definition) is 4. The third kappa shape index (κ3) is 4.79. The Balaban J connectivity index is 1.48. The molecule has 1 heterocycles. The van der Waals surface area contributed by atoms with E-state index in [1.807, 2.05) is 48.5 Å². The van der Waals surface area contributed by atoms with Gasteiger partial charge in [0.2, 0.25) is 11.8 Å². The minimum absolute atomic E-state index is 0.0775. The van der Waals surface area contributed by atoms with Crippen LogP contribution in [0.15, 0.2) is 71.3 Å². The summed E-state index contributed by atoms with van der Waals surface area (Å²) in [5.41, 5.74) is 7.84. The number of amides is 1. The largest absolute Gasteiger partial charge is 0.440 e. The van der Waals surface area contributed by atoms with Crippen LogP contribution in [0, 0.1) is 11.8 Å². The van der Waals surface area contributed by atoms with E-state index in [0.717, 1.165) is 49.1 Å². The number of benzene rings is 2. The van der Waals surface area contributed by atoms with Crippen LogP contribution in [0.4, 0.5) is 0 Å². The number of aromatic nitrogens is 1. The lowest BCUT2D eigenvalue weighted by Crippen LogP contribution is -2.36. The summed E-state index contributed by atoms with van der Waals surface area (Å²) in [6.07, 6.45) is 5.67. The summed E-state index contributed by atoms with van der Waals surface area (Å²) in [7, 11) is 0. The number of nitrogens with one attached hydrogen (secondary N) is 1. The zero-order chi connectivity index (χ0) is 20.8. The van der Waals surface area contributed by atoms with Crippen LogP contribution in [0.5, 0.6) is 0 Å². The Morgan fingerprint density at radius 2 is 1.70 bits per heavy atom. The summed E-state index contributed by atoms with van der Waals surface area (Å²) < 4.78 is 6.12. The van der Waals surface area contributed by atoms with Gasteiger partial charge in [0.05, 0.1) is 12.1 Å². The lowest BCUT2D eigenvalue weighted by atomic mass is 9.81. The number of hydrogen-bond donors (Lipinski definition) is 2. The van der Waals surface area contributed by atoms with Crippen molar-refractivity contribution < 1.29 is 9.21 Å². The Bertz CT molecular complexity index is 931. The van der Waals surface area contributed by atoms with Gasteiger partial charge in [0.1, 0.15) is 0 Å². The Morgan fingerprint density at radius 1 is 1.03 bits per heavy atom. The van der Waals surface area contributed by atoms with Crippen LogP contribution < -0.4 is 11.1 Å². The summed E-state index contributed by atoms with van der Waals surface area (Å²) in [5, 5.41) is 3.16. The first-order valence-electron chi connectivity index (χ1n) is 10.8. The van der Waals surface area contributed by atoms with Gasteiger partial charge in [-0.15, -0.1) is 0 Å². The summed E-state index contributed by atoms with van der Waals surface area (Å²) in [6.45, 7) is 1.19. The third-order valence-electron chi connectivity index (χ3n) is 6.11. The maximum Gasteiger partial charge on any atom is 0.223 e. The molecule has 0 spiro atoms. The van der Waals surface area contributed by atoms with E-state index in [-0.39, 0.29) is 17.7 Å². The third-order valence-corrected chi connectivity index (χ3v) is 6.11. The fraction of sp³-hybridized carbons (Fsp3) is 0.360. The summed E-state index contributed by atoms with van der Waals surface area (Å²) in [5.74, 6) is 1.99. The summed E-state index contributed by atoms with van der Waals surface area (Å²) in [6, 6.07) is 20.0. The van der Waals surface area contributed by atoms with Gasteiger partial charge in [-0.3, -0.25) is 4.79 Å². The van der Waals surface area contributed by atoms with Gasteiger partial charge in [-0.1, -0.05) is 60.7 Å². The lowest BCUT2D eigenvalue weighted by Gasteiger charge is -2.27. The van der Waals surface area contributed by atoms with E-state index in [0.29, 0.717) is 18.4 Å². The number of rotatable bonds is 7. The molecule has 1 aromatic heterocycles. The Morgan fingerprint density at radius 3 is 2.37 bits per heavy atom. The molecule has 156 valence electrons. The highest BCUT2D eigenvalue weighted by molar-refractivity contribution is 5.78. The topological polar surface area (TPSA) is 81.2 Å². The van der Waals surface area contributed by atoms with E-state index in [1.54, 1.807) is 6.20 Å². The molecular weight excluding hydrogens is 374 g/mol. The van der Waals surface area contributed by atoms with Crippen molar-refractivity contribution in [3.63, 3.8) is 0 Å². The molecule has 1 saturated carbocycles. The SMILES string of the molecule is NCC1CCC(C(=O)NC[C@@H](c2ccccc2)c2ncc(-c3ccccc3)o2)CC1. The van der Waals surface area contributed by atoms with Crippen LogP contribution in [0.25, 0.3) is 11.3 Å². The molecule has 1 aliphatic carbocycles. The molecule has 4 rings (SSSR count). The van der Waals surface area contributed by atoms with E-state index < -0.39 is 0 Å². The molecule has 5 heteroatoms. The summed E-state index contributed by atoms with van der Waals surface area (Å²) in [4.78, 5) is 17.3. The lowest BCUT2D eigenvalue weighted by molar-refractivity contribution is -0.126. The minimum Gasteiger partial charge on any atom is -0.440 e. The number of carbonyl (C=O) groups excluding carboxylic acids is 1. The normalized spacial score (nSPS) is 19.9. The molecule has 3 aromatic rings. The maximum atomic E-state index is 12.8. The molecule has 0 aliphatic heterocycles. The second-order valence-electron chi connectivity index (χ2n) is 8.09. The molecule has 1 amide bonds. The van der Waals surface area contributed by atoms with Crippen LogP contribution in [-0.4, -0.2) is 24.0 Å². The van der Waals surface area contributed by atoms with E-state index in [4.69, 9.17) is 10.2 Å². The van der Waals surface area contributed by atoms with Gasteiger partial charge < -0.3 is 15.5 Å². The van der Waals surface area contributed by atoms with Crippen LogP contribution in [0.2, 0.25) is 0 Å². The first-order valence-corrected chi connectivity index (χ1v) is 10.8. The van der Waals surface area contributed by atoms with E-state index in [1.165, 1.54) is 0 Å². The minimum atomic E-state index is -0.131. The Kier molecular flexibility index (Phi) is 6.60. The average molecular weight is 404 g/mol. The van der Waals surface area contributed by atoms with Gasteiger partial charge in [0, 0.05) is 18.0 Å². The highest BCUT2D eigenvalue weighted by Gasteiger charge is 2.27. The molecular formula is C25H29N3O2. The van der Waals surface area contributed by atoms with Gasteiger partial charge in [-0.2, -0.15) is 0 Å². The van der Waals surface area contributed by atoms with Crippen molar-refractivity contribution >= 4 is 5.91 Å². The highest BCUT2D eigenvalue weighted by Crippen LogP contribution is 2.30. The smallest absolute Gasteiger partial charge is 0.223 e. The van der Waals surface area contributed by atoms with Gasteiger partial charge in [0.15, 0.2) is 5.76 Å². The van der Waals surface area contributed by atoms with Gasteiger partial charge in [-0.05, 0) is 43.7 Å². The van der Waals surface area contributed by atoms with Gasteiger partial charge >= 0.3 is 0 Å². The van der Waals surface area contributed by atoms with Crippen molar-refractivity contribution in [3.8, 4) is 11.3 Å². The van der Waals surface area contributed by atoms with Crippen LogP contribution in [0.1, 0.15) is 43.1 Å². The first kappa shape index (κ1) is 20.4. The summed E-state index contributed by atoms with van der Waals surface area (Å²) >= 11 is 0. The second-order valence-corrected chi connectivity index (χ2v) is 8.09. The fourth-order valence-corrected chi connectivity index (χ4v) is 4.23. The molecule has 2 aromatic carbocycles. The second kappa shape index (κ2) is 9.72. The fourth-order valence-electron chi connectivity index (χ4n) is 4.23. The van der Waals surface area contributed by atoms with Crippen LogP contribution in [-0.2, 0) is 4.79 Å². The van der Waals surface area contributed by atoms with Crippen LogP contribution >= 0.6 is 0 Å². The van der Waals surface area contributed by atoms with Crippen molar-refractivity contribution in [2.75, 3.05) is 13.1 Å². The molecule has 1 aliphatic rings. The van der Waals surface area contributed by atoms with E-state index in [2.05, 4.69) is 22.4 Å². The molecule has 0 unspecified atom stereocenters. The molecule has 5 nitrogen and oxygen atoms in total. The maximum absolute atomic E-state index is 12.8. The number of oxazole rings is 1. The Labute approximate surface area is 177 Å². The number of nitrogens with two attached hydrogens (primary N) is 1. The molecule has 1 atom stereocenters. The van der Waals surface area contributed by atoms with Crippen molar-refractivity contribution in [2.24, 2.45) is 17.6 Å². The van der Waals surface area contributed by atoms with Gasteiger partial charge in [0.25, 0.3) is 0 Å². The zero-order valence-corrected chi connectivity index (χ0v) is 17.2. The van der Waals surface area contributed by atoms with Crippen LogP contribution in [0.3, 0.4) is 0 Å². The molecule has 0 bridgehead atoms. The number of carbonyl (C=O) groups is 1. The predicted octanol–water partition coefficient (Wildman–Crippen LogP) is 4.35. The van der Waals surface area contributed by atoms with Crippen molar-refractivity contribution in [2.45, 2.75) is 31.6 Å².